The van der Waals surface area contributed by atoms with E-state index in [9.17, 15) is 5.21 Å². The summed E-state index contributed by atoms with van der Waals surface area (Å²) in [5.74, 6) is 0.634. The van der Waals surface area contributed by atoms with Gasteiger partial charge in [0.25, 0.3) is 0 Å². The van der Waals surface area contributed by atoms with Crippen molar-refractivity contribution in [1.29, 1.82) is 5.26 Å². The van der Waals surface area contributed by atoms with Crippen LogP contribution in [0.1, 0.15) is 49.7 Å². The van der Waals surface area contributed by atoms with Crippen LogP contribution in [0.25, 0.3) is 5.57 Å². The van der Waals surface area contributed by atoms with Crippen LogP contribution in [0.5, 0.6) is 0 Å². The first-order valence-electron chi connectivity index (χ1n) is 7.28. The average molecular weight is 266 g/mol. The van der Waals surface area contributed by atoms with Crippen LogP contribution in [-0.2, 0) is 0 Å². The van der Waals surface area contributed by atoms with Gasteiger partial charge in [-0.15, -0.1) is 0 Å². The molecule has 102 valence electrons. The van der Waals surface area contributed by atoms with Crippen molar-refractivity contribution in [1.82, 2.24) is 0 Å². The van der Waals surface area contributed by atoms with E-state index in [2.05, 4.69) is 11.2 Å². The normalized spacial score (nSPS) is 21.6. The van der Waals surface area contributed by atoms with E-state index in [4.69, 9.17) is 5.26 Å². The summed E-state index contributed by atoms with van der Waals surface area (Å²) in [6.07, 6.45) is 6.89. The Morgan fingerprint density at radius 1 is 1.20 bits per heavy atom. The quantitative estimate of drug-likeness (QED) is 0.646. The number of benzene rings is 1. The molecule has 0 radical (unpaired) electrons. The Morgan fingerprint density at radius 3 is 2.70 bits per heavy atom. The Bertz CT molecular complexity index is 616. The van der Waals surface area contributed by atoms with E-state index < -0.39 is 0 Å². The van der Waals surface area contributed by atoms with Crippen molar-refractivity contribution in [2.75, 3.05) is 0 Å². The molecule has 3 nitrogen and oxygen atoms in total. The molecule has 2 aliphatic carbocycles. The highest BCUT2D eigenvalue weighted by Crippen LogP contribution is 2.42. The van der Waals surface area contributed by atoms with Gasteiger partial charge in [-0.2, -0.15) is 5.26 Å². The van der Waals surface area contributed by atoms with Crippen molar-refractivity contribution in [3.63, 3.8) is 0 Å². The highest BCUT2D eigenvalue weighted by Gasteiger charge is 2.30. The SMILES string of the molecule is N#Cc1cccc(C2=C(C3CCCC3)CC/C2=N\O)c1. The molecule has 3 heteroatoms. The number of nitrogens with zero attached hydrogens (tertiary/aromatic N) is 2. The van der Waals surface area contributed by atoms with Gasteiger partial charge in [0, 0.05) is 5.57 Å². The summed E-state index contributed by atoms with van der Waals surface area (Å²) in [5.41, 5.74) is 4.99. The Labute approximate surface area is 119 Å². The van der Waals surface area contributed by atoms with E-state index in [0.29, 0.717) is 11.5 Å². The van der Waals surface area contributed by atoms with E-state index in [0.717, 1.165) is 29.7 Å². The van der Waals surface area contributed by atoms with Gasteiger partial charge in [0.1, 0.15) is 0 Å². The molecule has 2 aliphatic rings. The molecule has 1 fully saturated rings. The van der Waals surface area contributed by atoms with E-state index in [1.807, 2.05) is 24.3 Å². The van der Waals surface area contributed by atoms with Gasteiger partial charge in [0.15, 0.2) is 0 Å². The zero-order valence-electron chi connectivity index (χ0n) is 11.5. The highest BCUT2D eigenvalue weighted by atomic mass is 16.4. The fourth-order valence-electron chi connectivity index (χ4n) is 3.57. The van der Waals surface area contributed by atoms with Crippen LogP contribution in [0.2, 0.25) is 0 Å². The molecule has 0 unspecified atom stereocenters. The molecule has 20 heavy (non-hydrogen) atoms. The minimum absolute atomic E-state index is 0.634. The van der Waals surface area contributed by atoms with Crippen molar-refractivity contribution >= 4 is 11.3 Å². The lowest BCUT2D eigenvalue weighted by molar-refractivity contribution is 0.319. The topological polar surface area (TPSA) is 56.4 Å². The predicted molar refractivity (Wildman–Crippen MR) is 78.5 cm³/mol. The maximum absolute atomic E-state index is 9.27. The van der Waals surface area contributed by atoms with Crippen LogP contribution >= 0.6 is 0 Å². The summed E-state index contributed by atoms with van der Waals surface area (Å²) in [4.78, 5) is 0. The first kappa shape index (κ1) is 12.9. The number of hydrogen-bond donors (Lipinski definition) is 1. The molecule has 1 N–H and O–H groups in total. The fraction of sp³-hybridized carbons (Fsp3) is 0.412. The molecule has 1 aromatic carbocycles. The third kappa shape index (κ3) is 2.22. The molecule has 3 rings (SSSR count). The Balaban J connectivity index is 2.08. The predicted octanol–water partition coefficient (Wildman–Crippen LogP) is 4.13. The van der Waals surface area contributed by atoms with E-state index in [1.165, 1.54) is 31.3 Å². The molecule has 0 saturated heterocycles. The maximum atomic E-state index is 9.27. The van der Waals surface area contributed by atoms with Gasteiger partial charge >= 0.3 is 0 Å². The number of rotatable bonds is 2. The van der Waals surface area contributed by atoms with Gasteiger partial charge in [-0.05, 0) is 49.3 Å². The zero-order chi connectivity index (χ0) is 13.9. The number of allylic oxidation sites excluding steroid dienone is 2. The zero-order valence-corrected chi connectivity index (χ0v) is 11.5. The highest BCUT2D eigenvalue weighted by molar-refractivity contribution is 6.26. The van der Waals surface area contributed by atoms with Gasteiger partial charge in [0.2, 0.25) is 0 Å². The summed E-state index contributed by atoms with van der Waals surface area (Å²) in [7, 11) is 0. The van der Waals surface area contributed by atoms with Crippen molar-refractivity contribution in [2.24, 2.45) is 11.1 Å². The standard InChI is InChI=1S/C17H18N2O/c18-11-12-4-3-7-14(10-12)17-15(8-9-16(17)19-20)13-5-1-2-6-13/h3-4,7,10,13,20H,1-2,5-6,8-9H2/b19-16+. The molecule has 0 atom stereocenters. The summed E-state index contributed by atoms with van der Waals surface area (Å²) < 4.78 is 0. The minimum Gasteiger partial charge on any atom is -0.411 e. The lowest BCUT2D eigenvalue weighted by Crippen LogP contribution is -2.02. The van der Waals surface area contributed by atoms with Crippen LogP contribution in [0.15, 0.2) is 35.0 Å². The second-order valence-corrected chi connectivity index (χ2v) is 5.62. The van der Waals surface area contributed by atoms with Crippen LogP contribution in [0.3, 0.4) is 0 Å². The van der Waals surface area contributed by atoms with E-state index in [-0.39, 0.29) is 0 Å². The Kier molecular flexibility index (Phi) is 3.56. The maximum Gasteiger partial charge on any atom is 0.0991 e. The third-order valence-corrected chi connectivity index (χ3v) is 4.49. The minimum atomic E-state index is 0.634. The molecular weight excluding hydrogens is 248 g/mol. The van der Waals surface area contributed by atoms with Crippen LogP contribution < -0.4 is 0 Å². The van der Waals surface area contributed by atoms with Gasteiger partial charge in [0.05, 0.1) is 17.3 Å². The number of hydrogen-bond acceptors (Lipinski definition) is 3. The summed E-state index contributed by atoms with van der Waals surface area (Å²) >= 11 is 0. The Morgan fingerprint density at radius 2 is 2.00 bits per heavy atom. The molecule has 1 saturated carbocycles. The third-order valence-electron chi connectivity index (χ3n) is 4.49. The first-order valence-corrected chi connectivity index (χ1v) is 7.28. The fourth-order valence-corrected chi connectivity index (χ4v) is 3.57. The smallest absolute Gasteiger partial charge is 0.0991 e. The number of oxime groups is 1. The number of nitriles is 1. The summed E-state index contributed by atoms with van der Waals surface area (Å²) in [5, 5.41) is 21.8. The second kappa shape index (κ2) is 5.50. The first-order chi connectivity index (χ1) is 9.83. The van der Waals surface area contributed by atoms with Gasteiger partial charge in [-0.25, -0.2) is 0 Å². The van der Waals surface area contributed by atoms with Gasteiger partial charge in [-0.3, -0.25) is 0 Å². The molecule has 0 aromatic heterocycles. The molecule has 0 spiro atoms. The lowest BCUT2D eigenvalue weighted by atomic mass is 9.90. The molecular formula is C17H18N2O. The summed E-state index contributed by atoms with van der Waals surface area (Å²) in [6, 6.07) is 9.81. The molecule has 0 amide bonds. The molecule has 0 aliphatic heterocycles. The van der Waals surface area contributed by atoms with Crippen LogP contribution in [0.4, 0.5) is 0 Å². The van der Waals surface area contributed by atoms with Crippen molar-refractivity contribution in [3.05, 3.63) is 41.0 Å². The van der Waals surface area contributed by atoms with Crippen molar-refractivity contribution < 1.29 is 5.21 Å². The largest absolute Gasteiger partial charge is 0.411 e. The second-order valence-electron chi connectivity index (χ2n) is 5.62. The summed E-state index contributed by atoms with van der Waals surface area (Å²) in [6.45, 7) is 0. The van der Waals surface area contributed by atoms with Crippen molar-refractivity contribution in [2.45, 2.75) is 38.5 Å². The molecule has 1 aromatic rings. The molecule has 0 heterocycles. The lowest BCUT2D eigenvalue weighted by Gasteiger charge is -2.14. The van der Waals surface area contributed by atoms with Gasteiger partial charge in [-0.1, -0.05) is 35.7 Å². The van der Waals surface area contributed by atoms with Crippen LogP contribution in [-0.4, -0.2) is 10.9 Å². The Hall–Kier alpha value is -2.08. The van der Waals surface area contributed by atoms with E-state index in [1.54, 1.807) is 0 Å². The monoisotopic (exact) mass is 266 g/mol. The van der Waals surface area contributed by atoms with Crippen LogP contribution in [0, 0.1) is 17.2 Å². The van der Waals surface area contributed by atoms with Crippen molar-refractivity contribution in [3.8, 4) is 6.07 Å². The average Bonchev–Trinajstić information content (AvgIpc) is 3.15. The van der Waals surface area contributed by atoms with Gasteiger partial charge < -0.3 is 5.21 Å². The molecule has 0 bridgehead atoms. The van der Waals surface area contributed by atoms with E-state index >= 15 is 0 Å².